The number of nitrogens with one attached hydrogen (secondary N) is 1. The number of amides is 2. The Hall–Kier alpha value is -2.41. The Balaban J connectivity index is 2.70. The van der Waals surface area contributed by atoms with Gasteiger partial charge in [-0.3, -0.25) is 4.90 Å². The zero-order chi connectivity index (χ0) is 19.4. The molecule has 0 saturated heterocycles. The second-order valence-corrected chi connectivity index (χ2v) is 6.01. The summed E-state index contributed by atoms with van der Waals surface area (Å²) in [6.07, 6.45) is 0. The van der Waals surface area contributed by atoms with Crippen molar-refractivity contribution in [1.29, 1.82) is 0 Å². The van der Waals surface area contributed by atoms with Crippen molar-refractivity contribution in [2.75, 3.05) is 27.4 Å². The Morgan fingerprint density at radius 1 is 1.27 bits per heavy atom. The molecule has 1 aliphatic rings. The lowest BCUT2D eigenvalue weighted by Gasteiger charge is -2.35. The van der Waals surface area contributed by atoms with E-state index in [2.05, 4.69) is 5.32 Å². The summed E-state index contributed by atoms with van der Waals surface area (Å²) in [6, 6.07) is 2.16. The summed E-state index contributed by atoms with van der Waals surface area (Å²) in [5, 5.41) is 3.23. The van der Waals surface area contributed by atoms with E-state index < -0.39 is 12.0 Å². The number of nitrogens with zero attached hydrogens (tertiary/aromatic N) is 1. The predicted octanol–water partition coefficient (Wildman–Crippen LogP) is 3.28. The van der Waals surface area contributed by atoms with E-state index in [0.29, 0.717) is 39.9 Å². The molecule has 0 radical (unpaired) electrons. The number of benzene rings is 1. The number of allylic oxidation sites excluding steroid dienone is 1. The van der Waals surface area contributed by atoms with Gasteiger partial charge in [0.05, 0.1) is 32.4 Å². The number of urea groups is 1. The molecule has 1 aromatic carbocycles. The third kappa shape index (κ3) is 3.58. The molecule has 1 aromatic rings. The summed E-state index contributed by atoms with van der Waals surface area (Å²) in [5.74, 6) is 0.291. The molecule has 0 spiro atoms. The van der Waals surface area contributed by atoms with Crippen molar-refractivity contribution in [3.05, 3.63) is 34.0 Å². The van der Waals surface area contributed by atoms with Crippen LogP contribution in [-0.2, 0) is 9.53 Å². The minimum Gasteiger partial charge on any atom is -0.493 e. The summed E-state index contributed by atoms with van der Waals surface area (Å²) in [4.78, 5) is 26.6. The summed E-state index contributed by atoms with van der Waals surface area (Å²) in [5.41, 5.74) is 1.37. The number of carbonyl (C=O) groups is 2. The highest BCUT2D eigenvalue weighted by atomic mass is 35.5. The molecule has 0 fully saturated rings. The summed E-state index contributed by atoms with van der Waals surface area (Å²) in [6.45, 7) is 5.91. The average Bonchev–Trinajstić information content (AvgIpc) is 2.60. The number of halogens is 1. The van der Waals surface area contributed by atoms with Crippen molar-refractivity contribution in [1.82, 2.24) is 10.2 Å². The SMILES string of the molecule is CCOC(=O)C1=C(C)N(CC)C(=O)NC1c1cc(Cl)cc(OC)c1OC. The molecule has 2 rings (SSSR count). The molecule has 0 bridgehead atoms. The molecule has 0 aromatic heterocycles. The van der Waals surface area contributed by atoms with Crippen LogP contribution in [0.4, 0.5) is 4.79 Å². The number of esters is 1. The van der Waals surface area contributed by atoms with Crippen molar-refractivity contribution in [2.24, 2.45) is 0 Å². The molecule has 1 atom stereocenters. The molecule has 1 heterocycles. The van der Waals surface area contributed by atoms with Gasteiger partial charge in [-0.05, 0) is 26.8 Å². The molecule has 1 aliphatic heterocycles. The Bertz CT molecular complexity index is 747. The molecule has 26 heavy (non-hydrogen) atoms. The van der Waals surface area contributed by atoms with Crippen LogP contribution in [0, 0.1) is 0 Å². The van der Waals surface area contributed by atoms with Gasteiger partial charge in [-0.2, -0.15) is 0 Å². The minimum atomic E-state index is -0.771. The van der Waals surface area contributed by atoms with Crippen molar-refractivity contribution >= 4 is 23.6 Å². The second-order valence-electron chi connectivity index (χ2n) is 5.58. The quantitative estimate of drug-likeness (QED) is 0.764. The number of carbonyl (C=O) groups excluding carboxylic acids is 2. The van der Waals surface area contributed by atoms with Gasteiger partial charge in [0.2, 0.25) is 0 Å². The Kier molecular flexibility index (Phi) is 6.37. The Morgan fingerprint density at radius 3 is 2.50 bits per heavy atom. The number of ether oxygens (including phenoxy) is 3. The molecule has 1 unspecified atom stereocenters. The molecule has 0 aliphatic carbocycles. The van der Waals surface area contributed by atoms with E-state index in [0.717, 1.165) is 0 Å². The fourth-order valence-corrected chi connectivity index (χ4v) is 3.26. The van der Waals surface area contributed by atoms with E-state index in [4.69, 9.17) is 25.8 Å². The zero-order valence-electron chi connectivity index (χ0n) is 15.5. The molecule has 142 valence electrons. The van der Waals surface area contributed by atoms with Crippen molar-refractivity contribution in [2.45, 2.75) is 26.8 Å². The van der Waals surface area contributed by atoms with Gasteiger partial charge in [0.1, 0.15) is 0 Å². The first-order valence-corrected chi connectivity index (χ1v) is 8.64. The second kappa shape index (κ2) is 8.31. The van der Waals surface area contributed by atoms with Crippen LogP contribution in [-0.4, -0.2) is 44.3 Å². The molecular weight excluding hydrogens is 360 g/mol. The number of rotatable bonds is 6. The lowest BCUT2D eigenvalue weighted by Crippen LogP contribution is -2.48. The lowest BCUT2D eigenvalue weighted by atomic mass is 9.93. The molecule has 8 heteroatoms. The molecular formula is C18H23ClN2O5. The van der Waals surface area contributed by atoms with Crippen LogP contribution in [0.2, 0.25) is 5.02 Å². The summed E-state index contributed by atoms with van der Waals surface area (Å²) >= 11 is 6.20. The van der Waals surface area contributed by atoms with Crippen LogP contribution in [0.25, 0.3) is 0 Å². The van der Waals surface area contributed by atoms with Crippen LogP contribution in [0.3, 0.4) is 0 Å². The van der Waals surface area contributed by atoms with Crippen LogP contribution < -0.4 is 14.8 Å². The normalized spacial score (nSPS) is 17.1. The van der Waals surface area contributed by atoms with Crippen LogP contribution in [0.15, 0.2) is 23.4 Å². The van der Waals surface area contributed by atoms with Crippen molar-refractivity contribution < 1.29 is 23.8 Å². The van der Waals surface area contributed by atoms with Gasteiger partial charge in [0.15, 0.2) is 11.5 Å². The number of hydrogen-bond donors (Lipinski definition) is 1. The average molecular weight is 383 g/mol. The first-order chi connectivity index (χ1) is 12.4. The maximum Gasteiger partial charge on any atom is 0.338 e. The zero-order valence-corrected chi connectivity index (χ0v) is 16.3. The molecule has 0 saturated carbocycles. The minimum absolute atomic E-state index is 0.221. The van der Waals surface area contributed by atoms with Crippen LogP contribution in [0.1, 0.15) is 32.4 Å². The van der Waals surface area contributed by atoms with Gasteiger partial charge in [0.25, 0.3) is 0 Å². The largest absolute Gasteiger partial charge is 0.493 e. The third-order valence-corrected chi connectivity index (χ3v) is 4.41. The Morgan fingerprint density at radius 2 is 1.96 bits per heavy atom. The summed E-state index contributed by atoms with van der Waals surface area (Å²) in [7, 11) is 2.97. The highest BCUT2D eigenvalue weighted by molar-refractivity contribution is 6.30. The van der Waals surface area contributed by atoms with Crippen LogP contribution in [0.5, 0.6) is 11.5 Å². The van der Waals surface area contributed by atoms with Gasteiger partial charge < -0.3 is 19.5 Å². The standard InChI is InChI=1S/C18H23ClN2O5/c1-6-21-10(3)14(17(22)26-7-2)15(20-18(21)23)12-8-11(19)9-13(24-4)16(12)25-5/h8-9,15H,6-7H2,1-5H3,(H,20,23). The number of methoxy groups -OCH3 is 2. The summed E-state index contributed by atoms with van der Waals surface area (Å²) < 4.78 is 16.0. The number of hydrogen-bond acceptors (Lipinski definition) is 5. The maximum atomic E-state index is 12.6. The van der Waals surface area contributed by atoms with E-state index in [1.165, 1.54) is 19.1 Å². The molecule has 1 N–H and O–H groups in total. The maximum absolute atomic E-state index is 12.6. The molecule has 2 amide bonds. The first kappa shape index (κ1) is 19.9. The van der Waals surface area contributed by atoms with Gasteiger partial charge in [-0.15, -0.1) is 0 Å². The third-order valence-electron chi connectivity index (χ3n) is 4.19. The highest BCUT2D eigenvalue weighted by Crippen LogP contribution is 2.42. The van der Waals surface area contributed by atoms with Gasteiger partial charge in [-0.25, -0.2) is 9.59 Å². The lowest BCUT2D eigenvalue weighted by molar-refractivity contribution is -0.139. The first-order valence-electron chi connectivity index (χ1n) is 8.26. The smallest absolute Gasteiger partial charge is 0.338 e. The molecule has 7 nitrogen and oxygen atoms in total. The van der Waals surface area contributed by atoms with Gasteiger partial charge in [0, 0.05) is 28.9 Å². The van der Waals surface area contributed by atoms with E-state index >= 15 is 0 Å². The van der Waals surface area contributed by atoms with Crippen molar-refractivity contribution in [3.8, 4) is 11.5 Å². The van der Waals surface area contributed by atoms with Crippen LogP contribution >= 0.6 is 11.6 Å². The van der Waals surface area contributed by atoms with E-state index in [1.54, 1.807) is 26.0 Å². The van der Waals surface area contributed by atoms with Gasteiger partial charge >= 0.3 is 12.0 Å². The van der Waals surface area contributed by atoms with E-state index in [9.17, 15) is 9.59 Å². The monoisotopic (exact) mass is 382 g/mol. The van der Waals surface area contributed by atoms with E-state index in [-0.39, 0.29) is 12.6 Å². The topological polar surface area (TPSA) is 77.1 Å². The highest BCUT2D eigenvalue weighted by Gasteiger charge is 2.38. The van der Waals surface area contributed by atoms with Gasteiger partial charge in [-0.1, -0.05) is 11.6 Å². The fourth-order valence-electron chi connectivity index (χ4n) is 3.04. The Labute approximate surface area is 157 Å². The predicted molar refractivity (Wildman–Crippen MR) is 97.5 cm³/mol. The van der Waals surface area contributed by atoms with Crippen molar-refractivity contribution in [3.63, 3.8) is 0 Å². The fraction of sp³-hybridized carbons (Fsp3) is 0.444. The van der Waals surface area contributed by atoms with E-state index in [1.807, 2.05) is 6.92 Å².